The van der Waals surface area contributed by atoms with Crippen LogP contribution in [-0.2, 0) is 11.1 Å². The lowest BCUT2D eigenvalue weighted by Crippen LogP contribution is -2.54. The van der Waals surface area contributed by atoms with Gasteiger partial charge in [-0.2, -0.15) is 0 Å². The number of nitrogens with one attached hydrogen (secondary N) is 1. The minimum Gasteiger partial charge on any atom is -0.331 e. The summed E-state index contributed by atoms with van der Waals surface area (Å²) in [5.41, 5.74) is 2.14. The third-order valence-corrected chi connectivity index (χ3v) is 7.43. The van der Waals surface area contributed by atoms with Crippen LogP contribution in [-0.4, -0.2) is 42.0 Å². The normalized spacial score (nSPS) is 27.5. The first-order chi connectivity index (χ1) is 13.8. The van der Waals surface area contributed by atoms with E-state index in [4.69, 9.17) is 0 Å². The first kappa shape index (κ1) is 20.0. The Hall–Kier alpha value is -2.33. The molecule has 4 rings (SSSR count). The van der Waals surface area contributed by atoms with Gasteiger partial charge in [-0.15, -0.1) is 0 Å². The van der Waals surface area contributed by atoms with E-state index >= 15 is 0 Å². The van der Waals surface area contributed by atoms with Crippen molar-refractivity contribution in [3.8, 4) is 0 Å². The standard InChI is InChI=1S/C25H33N3O/c1-23(2,20-11-7-5-8-12-20)28-19-24(26-22(28)29)15-17-25(18-16-24,27(3)4)21-13-9-6-10-14-21/h5-14H,15-19H2,1-4H3,(H,26,29)/t24-,25+. The van der Waals surface area contributed by atoms with E-state index in [0.717, 1.165) is 32.2 Å². The summed E-state index contributed by atoms with van der Waals surface area (Å²) in [7, 11) is 4.37. The molecule has 29 heavy (non-hydrogen) atoms. The molecule has 0 unspecified atom stereocenters. The average molecular weight is 392 g/mol. The van der Waals surface area contributed by atoms with Crippen molar-refractivity contribution in [1.29, 1.82) is 0 Å². The molecule has 1 saturated heterocycles. The van der Waals surface area contributed by atoms with Gasteiger partial charge in [-0.1, -0.05) is 60.7 Å². The summed E-state index contributed by atoms with van der Waals surface area (Å²) in [6.07, 6.45) is 4.08. The second kappa shape index (κ2) is 7.17. The molecule has 2 aromatic rings. The van der Waals surface area contributed by atoms with E-state index in [1.165, 1.54) is 11.1 Å². The highest BCUT2D eigenvalue weighted by Crippen LogP contribution is 2.47. The van der Waals surface area contributed by atoms with Crippen LogP contribution >= 0.6 is 0 Å². The zero-order valence-electron chi connectivity index (χ0n) is 18.1. The number of urea groups is 1. The van der Waals surface area contributed by atoms with Crippen LogP contribution in [0, 0.1) is 0 Å². The maximum absolute atomic E-state index is 13.0. The number of hydrogen-bond acceptors (Lipinski definition) is 2. The molecular weight excluding hydrogens is 358 g/mol. The number of amides is 2. The van der Waals surface area contributed by atoms with Crippen LogP contribution in [0.25, 0.3) is 0 Å². The maximum atomic E-state index is 13.0. The van der Waals surface area contributed by atoms with Crippen molar-refractivity contribution in [1.82, 2.24) is 15.1 Å². The SMILES string of the molecule is CN(C)[C@]1(c2ccccc2)CC[C@]2(CC1)CN(C(C)(C)c1ccccc1)C(=O)N2. The van der Waals surface area contributed by atoms with Gasteiger partial charge in [0.2, 0.25) is 0 Å². The predicted octanol–water partition coefficient (Wildman–Crippen LogP) is 4.72. The van der Waals surface area contributed by atoms with Crippen molar-refractivity contribution in [2.75, 3.05) is 20.6 Å². The fourth-order valence-electron chi connectivity index (χ4n) is 5.33. The van der Waals surface area contributed by atoms with Crippen LogP contribution in [0.1, 0.15) is 50.7 Å². The van der Waals surface area contributed by atoms with Gasteiger partial charge in [0.05, 0.1) is 11.1 Å². The molecule has 1 N–H and O–H groups in total. The van der Waals surface area contributed by atoms with Crippen molar-refractivity contribution in [2.24, 2.45) is 0 Å². The van der Waals surface area contributed by atoms with Crippen LogP contribution in [0.5, 0.6) is 0 Å². The lowest BCUT2D eigenvalue weighted by molar-refractivity contribution is 0.0570. The molecule has 1 saturated carbocycles. The molecule has 0 radical (unpaired) electrons. The van der Waals surface area contributed by atoms with Gasteiger partial charge in [-0.3, -0.25) is 4.90 Å². The number of hydrogen-bond donors (Lipinski definition) is 1. The molecule has 0 bridgehead atoms. The Kier molecular flexibility index (Phi) is 4.94. The largest absolute Gasteiger partial charge is 0.331 e. The zero-order chi connectivity index (χ0) is 20.7. The lowest BCUT2D eigenvalue weighted by Gasteiger charge is -2.49. The molecule has 2 amide bonds. The van der Waals surface area contributed by atoms with Crippen molar-refractivity contribution in [3.05, 3.63) is 71.8 Å². The molecule has 1 aliphatic carbocycles. The Morgan fingerprint density at radius 1 is 0.897 bits per heavy atom. The van der Waals surface area contributed by atoms with E-state index in [0.29, 0.717) is 0 Å². The van der Waals surface area contributed by atoms with Crippen LogP contribution in [0.3, 0.4) is 0 Å². The summed E-state index contributed by atoms with van der Waals surface area (Å²) in [4.78, 5) is 17.4. The summed E-state index contributed by atoms with van der Waals surface area (Å²) < 4.78 is 0. The van der Waals surface area contributed by atoms with E-state index in [9.17, 15) is 4.79 Å². The molecule has 1 heterocycles. The third kappa shape index (κ3) is 3.33. The van der Waals surface area contributed by atoms with Gasteiger partial charge in [0, 0.05) is 12.1 Å². The molecule has 4 heteroatoms. The van der Waals surface area contributed by atoms with Crippen LogP contribution < -0.4 is 5.32 Å². The molecule has 2 aromatic carbocycles. The number of carbonyl (C=O) groups is 1. The Labute approximate surface area is 174 Å². The highest BCUT2D eigenvalue weighted by Gasteiger charge is 2.52. The van der Waals surface area contributed by atoms with Crippen molar-refractivity contribution < 1.29 is 4.79 Å². The van der Waals surface area contributed by atoms with Crippen LogP contribution in [0.4, 0.5) is 4.79 Å². The van der Waals surface area contributed by atoms with Gasteiger partial charge in [0.1, 0.15) is 0 Å². The van der Waals surface area contributed by atoms with Gasteiger partial charge in [0.25, 0.3) is 0 Å². The topological polar surface area (TPSA) is 35.6 Å². The molecule has 2 fully saturated rings. The minimum atomic E-state index is -0.329. The summed E-state index contributed by atoms with van der Waals surface area (Å²) >= 11 is 0. The van der Waals surface area contributed by atoms with Crippen molar-refractivity contribution in [3.63, 3.8) is 0 Å². The highest BCUT2D eigenvalue weighted by molar-refractivity contribution is 5.79. The first-order valence-corrected chi connectivity index (χ1v) is 10.7. The number of nitrogens with zero attached hydrogens (tertiary/aromatic N) is 2. The van der Waals surface area contributed by atoms with Gasteiger partial charge in [-0.05, 0) is 64.8 Å². The fourth-order valence-corrected chi connectivity index (χ4v) is 5.33. The van der Waals surface area contributed by atoms with Gasteiger partial charge < -0.3 is 10.2 Å². The van der Waals surface area contributed by atoms with Crippen LogP contribution in [0.15, 0.2) is 60.7 Å². The van der Waals surface area contributed by atoms with Gasteiger partial charge in [-0.25, -0.2) is 4.79 Å². The monoisotopic (exact) mass is 391 g/mol. The van der Waals surface area contributed by atoms with Gasteiger partial charge in [0.15, 0.2) is 0 Å². The quantitative estimate of drug-likeness (QED) is 0.819. The lowest BCUT2D eigenvalue weighted by atomic mass is 9.68. The molecule has 154 valence electrons. The Morgan fingerprint density at radius 3 is 2.00 bits per heavy atom. The number of benzene rings is 2. The summed E-state index contributed by atoms with van der Waals surface area (Å²) in [6.45, 7) is 5.07. The molecule has 4 nitrogen and oxygen atoms in total. The Balaban J connectivity index is 1.55. The van der Waals surface area contributed by atoms with E-state index in [1.807, 2.05) is 23.1 Å². The molecular formula is C25H33N3O. The highest BCUT2D eigenvalue weighted by atomic mass is 16.2. The molecule has 0 atom stereocenters. The first-order valence-electron chi connectivity index (χ1n) is 10.7. The second-order valence-corrected chi connectivity index (χ2v) is 9.51. The second-order valence-electron chi connectivity index (χ2n) is 9.51. The van der Waals surface area contributed by atoms with E-state index in [-0.39, 0.29) is 22.6 Å². The van der Waals surface area contributed by atoms with Crippen molar-refractivity contribution in [2.45, 2.75) is 56.1 Å². The van der Waals surface area contributed by atoms with Crippen molar-refractivity contribution >= 4 is 6.03 Å². The Bertz CT molecular complexity index is 852. The van der Waals surface area contributed by atoms with E-state index in [2.05, 4.69) is 80.6 Å². The zero-order valence-corrected chi connectivity index (χ0v) is 18.1. The van der Waals surface area contributed by atoms with Crippen LogP contribution in [0.2, 0.25) is 0 Å². The fraction of sp³-hybridized carbons (Fsp3) is 0.480. The minimum absolute atomic E-state index is 0.0413. The van der Waals surface area contributed by atoms with Gasteiger partial charge >= 0.3 is 6.03 Å². The maximum Gasteiger partial charge on any atom is 0.318 e. The van der Waals surface area contributed by atoms with E-state index in [1.54, 1.807) is 0 Å². The third-order valence-electron chi connectivity index (χ3n) is 7.43. The molecule has 1 aliphatic heterocycles. The molecule has 2 aliphatic rings. The van der Waals surface area contributed by atoms with E-state index < -0.39 is 0 Å². The summed E-state index contributed by atoms with van der Waals surface area (Å²) in [5, 5.41) is 3.39. The molecule has 0 aromatic heterocycles. The Morgan fingerprint density at radius 2 is 1.45 bits per heavy atom. The smallest absolute Gasteiger partial charge is 0.318 e. The number of rotatable bonds is 4. The summed E-state index contributed by atoms with van der Waals surface area (Å²) in [6, 6.07) is 21.3. The average Bonchev–Trinajstić information content (AvgIpc) is 3.06. The number of carbonyl (C=O) groups excluding carboxylic acids is 1. The predicted molar refractivity (Wildman–Crippen MR) is 118 cm³/mol. The summed E-state index contributed by atoms with van der Waals surface area (Å²) in [5.74, 6) is 0. The molecule has 1 spiro atoms.